The maximum Gasteiger partial charge on any atom is 0.243 e. The monoisotopic (exact) mass is 481 g/mol. The summed E-state index contributed by atoms with van der Waals surface area (Å²) in [7, 11) is -3.49. The Hall–Kier alpha value is -1.73. The molecule has 0 spiro atoms. The molecule has 4 atom stereocenters. The number of amides is 2. The van der Waals surface area contributed by atoms with Crippen molar-refractivity contribution in [1.82, 2.24) is 10.6 Å². The number of carbonyl (C=O) groups is 2. The number of nitrogens with one attached hydrogen (secondary N) is 2. The van der Waals surface area contributed by atoms with Crippen LogP contribution in [0.25, 0.3) is 0 Å². The van der Waals surface area contributed by atoms with Crippen molar-refractivity contribution in [2.24, 2.45) is 17.6 Å². The third-order valence-electron chi connectivity index (χ3n) is 6.21. The van der Waals surface area contributed by atoms with Crippen LogP contribution in [0.4, 0.5) is 0 Å². The number of carbonyl (C=O) groups excluding carboxylic acids is 2. The van der Waals surface area contributed by atoms with Crippen molar-refractivity contribution < 1.29 is 24.2 Å². The van der Waals surface area contributed by atoms with E-state index in [1.54, 1.807) is 0 Å². The van der Waals surface area contributed by atoms with E-state index in [0.29, 0.717) is 0 Å². The van der Waals surface area contributed by atoms with Crippen LogP contribution in [-0.2, 0) is 20.6 Å². The molecule has 186 valence electrons. The molecule has 8 nitrogen and oxygen atoms in total. The summed E-state index contributed by atoms with van der Waals surface area (Å²) in [5.74, 6) is -0.752. The normalized spacial score (nSPS) is 19.3. The second-order valence-corrected chi connectivity index (χ2v) is 12.1. The van der Waals surface area contributed by atoms with Gasteiger partial charge in [0.05, 0.1) is 18.3 Å². The Morgan fingerprint density at radius 3 is 2.36 bits per heavy atom. The molecule has 9 heteroatoms. The highest BCUT2D eigenvalue weighted by molar-refractivity contribution is 7.58. The molecule has 33 heavy (non-hydrogen) atoms. The van der Waals surface area contributed by atoms with Gasteiger partial charge in [-0.1, -0.05) is 63.4 Å². The zero-order chi connectivity index (χ0) is 24.4. The van der Waals surface area contributed by atoms with Crippen molar-refractivity contribution in [2.45, 2.75) is 70.6 Å². The van der Waals surface area contributed by atoms with Gasteiger partial charge in [-0.15, -0.1) is 0 Å². The summed E-state index contributed by atoms with van der Waals surface area (Å²) in [6.45, 7) is 3.49. The fourth-order valence-electron chi connectivity index (χ4n) is 4.21. The number of benzene rings is 1. The SMILES string of the molecule is CC(C)C(N)C(=O)NC(Cc1ccccc1)C(=O)NCC(O)CP(=O)(O)CC1CCCCC1. The first-order valence-electron chi connectivity index (χ1n) is 11.9. The Kier molecular flexibility index (Phi) is 11.0. The van der Waals surface area contributed by atoms with E-state index >= 15 is 0 Å². The molecule has 6 N–H and O–H groups in total. The van der Waals surface area contributed by atoms with Crippen molar-refractivity contribution >= 4 is 19.2 Å². The van der Waals surface area contributed by atoms with Crippen LogP contribution in [0.5, 0.6) is 0 Å². The molecule has 0 heterocycles. The Bertz CT molecular complexity index is 799. The van der Waals surface area contributed by atoms with Crippen LogP contribution in [0.15, 0.2) is 30.3 Å². The molecule has 4 unspecified atom stereocenters. The third-order valence-corrected chi connectivity index (χ3v) is 8.29. The minimum absolute atomic E-state index is 0.0879. The number of rotatable bonds is 12. The van der Waals surface area contributed by atoms with Crippen LogP contribution in [-0.4, -0.2) is 58.9 Å². The van der Waals surface area contributed by atoms with Crippen LogP contribution in [0, 0.1) is 11.8 Å². The quantitative estimate of drug-likeness (QED) is 0.289. The molecule has 0 bridgehead atoms. The fourth-order valence-corrected chi connectivity index (χ4v) is 6.32. The van der Waals surface area contributed by atoms with Gasteiger partial charge in [0.1, 0.15) is 6.04 Å². The molecule has 1 aromatic carbocycles. The van der Waals surface area contributed by atoms with Crippen LogP contribution in [0.3, 0.4) is 0 Å². The summed E-state index contributed by atoms with van der Waals surface area (Å²) in [5.41, 5.74) is 6.79. The Morgan fingerprint density at radius 1 is 1.12 bits per heavy atom. The Balaban J connectivity index is 1.93. The molecular formula is C24H40N3O5P. The molecule has 0 radical (unpaired) electrons. The zero-order valence-corrected chi connectivity index (χ0v) is 20.7. The Morgan fingerprint density at radius 2 is 1.76 bits per heavy atom. The lowest BCUT2D eigenvalue weighted by Gasteiger charge is -2.25. The second kappa shape index (κ2) is 13.2. The summed E-state index contributed by atoms with van der Waals surface area (Å²) < 4.78 is 12.6. The molecule has 1 aromatic rings. The first-order chi connectivity index (χ1) is 15.6. The molecular weight excluding hydrogens is 441 g/mol. The highest BCUT2D eigenvalue weighted by Crippen LogP contribution is 2.45. The van der Waals surface area contributed by atoms with Gasteiger partial charge < -0.3 is 26.4 Å². The maximum atomic E-state index is 12.9. The fraction of sp³-hybridized carbons (Fsp3) is 0.667. The smallest absolute Gasteiger partial charge is 0.243 e. The van der Waals surface area contributed by atoms with E-state index in [4.69, 9.17) is 5.73 Å². The first-order valence-corrected chi connectivity index (χ1v) is 14.0. The van der Waals surface area contributed by atoms with Gasteiger partial charge in [-0.25, -0.2) is 0 Å². The first kappa shape index (κ1) is 27.5. The molecule has 2 amide bonds. The predicted octanol–water partition coefficient (Wildman–Crippen LogP) is 2.02. The van der Waals surface area contributed by atoms with Crippen LogP contribution in [0.2, 0.25) is 0 Å². The van der Waals surface area contributed by atoms with E-state index in [2.05, 4.69) is 10.6 Å². The number of hydrogen-bond donors (Lipinski definition) is 5. The van der Waals surface area contributed by atoms with E-state index < -0.39 is 37.4 Å². The Labute approximate surface area is 197 Å². The van der Waals surface area contributed by atoms with Gasteiger partial charge in [0.2, 0.25) is 19.2 Å². The van der Waals surface area contributed by atoms with Gasteiger partial charge in [-0.2, -0.15) is 0 Å². The third kappa shape index (κ3) is 9.97. The van der Waals surface area contributed by atoms with Gasteiger partial charge >= 0.3 is 0 Å². The van der Waals surface area contributed by atoms with Gasteiger partial charge in [0.25, 0.3) is 0 Å². The molecule has 1 aliphatic carbocycles. The summed E-state index contributed by atoms with van der Waals surface area (Å²) >= 11 is 0. The van der Waals surface area contributed by atoms with Crippen LogP contribution in [0.1, 0.15) is 51.5 Å². The van der Waals surface area contributed by atoms with E-state index in [1.807, 2.05) is 44.2 Å². The van der Waals surface area contributed by atoms with Crippen molar-refractivity contribution in [1.29, 1.82) is 0 Å². The predicted molar refractivity (Wildman–Crippen MR) is 130 cm³/mol. The lowest BCUT2D eigenvalue weighted by molar-refractivity contribution is -0.130. The van der Waals surface area contributed by atoms with Gasteiger partial charge in [0.15, 0.2) is 0 Å². The van der Waals surface area contributed by atoms with Gasteiger partial charge in [-0.3, -0.25) is 14.2 Å². The van der Waals surface area contributed by atoms with E-state index in [1.165, 1.54) is 6.42 Å². The summed E-state index contributed by atoms with van der Waals surface area (Å²) in [4.78, 5) is 35.7. The van der Waals surface area contributed by atoms with E-state index in [-0.39, 0.29) is 37.1 Å². The highest BCUT2D eigenvalue weighted by atomic mass is 31.2. The topological polar surface area (TPSA) is 142 Å². The minimum atomic E-state index is -3.49. The molecule has 0 saturated heterocycles. The maximum absolute atomic E-state index is 12.9. The van der Waals surface area contributed by atoms with Crippen LogP contribution >= 0.6 is 7.37 Å². The van der Waals surface area contributed by atoms with Gasteiger partial charge in [-0.05, 0) is 30.2 Å². The number of aliphatic hydroxyl groups excluding tert-OH is 1. The number of nitrogens with two attached hydrogens (primary N) is 1. The largest absolute Gasteiger partial charge is 0.391 e. The van der Waals surface area contributed by atoms with Crippen LogP contribution < -0.4 is 16.4 Å². The number of aliphatic hydroxyl groups is 1. The molecule has 0 aliphatic heterocycles. The summed E-state index contributed by atoms with van der Waals surface area (Å²) in [6.07, 6.45) is 4.34. The second-order valence-electron chi connectivity index (χ2n) is 9.64. The van der Waals surface area contributed by atoms with E-state index in [9.17, 15) is 24.2 Å². The minimum Gasteiger partial charge on any atom is -0.391 e. The highest BCUT2D eigenvalue weighted by Gasteiger charge is 2.29. The van der Waals surface area contributed by atoms with Gasteiger partial charge in [0, 0.05) is 19.1 Å². The molecule has 2 rings (SSSR count). The van der Waals surface area contributed by atoms with Crippen molar-refractivity contribution in [3.05, 3.63) is 35.9 Å². The lowest BCUT2D eigenvalue weighted by Crippen LogP contribution is -2.54. The van der Waals surface area contributed by atoms with Crippen molar-refractivity contribution in [3.8, 4) is 0 Å². The summed E-state index contributed by atoms with van der Waals surface area (Å²) in [5, 5.41) is 15.7. The zero-order valence-electron chi connectivity index (χ0n) is 19.8. The molecule has 1 aliphatic rings. The standard InChI is InChI=1S/C24H40N3O5P/c1-17(2)22(25)24(30)27-21(13-18-9-5-3-6-10-18)23(29)26-14-20(28)16-33(31,32)15-19-11-7-4-8-12-19/h3,5-6,9-10,17,19-22,28H,4,7-8,11-16,25H2,1-2H3,(H,26,29)(H,27,30)(H,31,32). The lowest BCUT2D eigenvalue weighted by atomic mass is 9.91. The van der Waals surface area contributed by atoms with E-state index in [0.717, 1.165) is 31.2 Å². The average Bonchev–Trinajstić information content (AvgIpc) is 2.77. The summed E-state index contributed by atoms with van der Waals surface area (Å²) in [6, 6.07) is 7.65. The van der Waals surface area contributed by atoms with Crippen molar-refractivity contribution in [2.75, 3.05) is 18.9 Å². The number of hydrogen-bond acceptors (Lipinski definition) is 5. The molecule has 1 fully saturated rings. The molecule has 1 saturated carbocycles. The average molecular weight is 482 g/mol. The molecule has 0 aromatic heterocycles. The van der Waals surface area contributed by atoms with Crippen molar-refractivity contribution in [3.63, 3.8) is 0 Å².